The number of hydrogen-bond donors (Lipinski definition) is 1. The van der Waals surface area contributed by atoms with Crippen molar-refractivity contribution >= 4 is 5.69 Å². The molecule has 0 saturated heterocycles. The van der Waals surface area contributed by atoms with Gasteiger partial charge in [-0.3, -0.25) is 4.79 Å². The molecule has 0 spiro atoms. The Morgan fingerprint density at radius 3 is 2.87 bits per heavy atom. The highest BCUT2D eigenvalue weighted by molar-refractivity contribution is 5.53. The zero-order valence-electron chi connectivity index (χ0n) is 9.41. The van der Waals surface area contributed by atoms with Crippen LogP contribution in [-0.2, 0) is 7.05 Å². The number of nitrogens with one attached hydrogen (secondary N) is 1. The molecule has 0 saturated carbocycles. The van der Waals surface area contributed by atoms with E-state index in [1.165, 1.54) is 4.68 Å². The zero-order chi connectivity index (χ0) is 11.3. The third-order valence-corrected chi connectivity index (χ3v) is 1.95. The van der Waals surface area contributed by atoms with Gasteiger partial charge in [-0.05, 0) is 13.3 Å². The maximum atomic E-state index is 11.7. The van der Waals surface area contributed by atoms with Gasteiger partial charge >= 0.3 is 5.56 Å². The van der Waals surface area contributed by atoms with Crippen molar-refractivity contribution in [2.45, 2.75) is 20.3 Å². The molecular formula is C10H17N3O2. The van der Waals surface area contributed by atoms with Crippen LogP contribution < -0.4 is 15.6 Å². The zero-order valence-corrected chi connectivity index (χ0v) is 9.41. The number of anilines is 1. The Kier molecular flexibility index (Phi) is 4.15. The number of aryl methyl sites for hydroxylation is 1. The molecule has 1 rings (SSSR count). The van der Waals surface area contributed by atoms with Crippen LogP contribution in [0.15, 0.2) is 11.0 Å². The van der Waals surface area contributed by atoms with E-state index in [9.17, 15) is 4.79 Å². The van der Waals surface area contributed by atoms with Crippen molar-refractivity contribution in [3.8, 4) is 5.75 Å². The average Bonchev–Trinajstić information content (AvgIpc) is 2.24. The van der Waals surface area contributed by atoms with E-state index in [1.807, 2.05) is 6.92 Å². The van der Waals surface area contributed by atoms with Crippen molar-refractivity contribution in [1.29, 1.82) is 0 Å². The largest absolute Gasteiger partial charge is 0.487 e. The SMILES string of the molecule is CCCNc1cnn(C)c(=O)c1OCC. The minimum absolute atomic E-state index is 0.210. The standard InChI is InChI=1S/C10H17N3O2/c1-4-6-11-8-7-12-13(3)10(14)9(8)15-5-2/h7,11H,4-6H2,1-3H3. The molecule has 0 fully saturated rings. The molecule has 0 aliphatic rings. The first-order chi connectivity index (χ1) is 7.20. The Hall–Kier alpha value is -1.52. The molecule has 0 radical (unpaired) electrons. The van der Waals surface area contributed by atoms with Gasteiger partial charge in [0.2, 0.25) is 5.75 Å². The Labute approximate surface area is 89.1 Å². The van der Waals surface area contributed by atoms with E-state index >= 15 is 0 Å². The van der Waals surface area contributed by atoms with E-state index in [1.54, 1.807) is 13.2 Å². The first kappa shape index (κ1) is 11.6. The number of ether oxygens (including phenoxy) is 1. The van der Waals surface area contributed by atoms with Crippen molar-refractivity contribution in [2.75, 3.05) is 18.5 Å². The summed E-state index contributed by atoms with van der Waals surface area (Å²) in [4.78, 5) is 11.7. The molecule has 1 aromatic rings. The summed E-state index contributed by atoms with van der Waals surface area (Å²) in [6.45, 7) is 5.18. The van der Waals surface area contributed by atoms with Crippen LogP contribution in [0, 0.1) is 0 Å². The second-order valence-electron chi connectivity index (χ2n) is 3.18. The maximum absolute atomic E-state index is 11.7. The predicted molar refractivity (Wildman–Crippen MR) is 59.4 cm³/mol. The van der Waals surface area contributed by atoms with Crippen LogP contribution in [0.4, 0.5) is 5.69 Å². The van der Waals surface area contributed by atoms with E-state index in [4.69, 9.17) is 4.74 Å². The number of aromatic nitrogens is 2. The third kappa shape index (κ3) is 2.71. The van der Waals surface area contributed by atoms with Crippen molar-refractivity contribution in [3.05, 3.63) is 16.6 Å². The van der Waals surface area contributed by atoms with Crippen molar-refractivity contribution < 1.29 is 4.74 Å². The number of hydrogen-bond acceptors (Lipinski definition) is 4. The summed E-state index contributed by atoms with van der Waals surface area (Å²) in [6.07, 6.45) is 2.60. The fourth-order valence-corrected chi connectivity index (χ4v) is 1.19. The summed E-state index contributed by atoms with van der Waals surface area (Å²) in [5, 5.41) is 7.05. The quantitative estimate of drug-likeness (QED) is 0.789. The molecule has 0 unspecified atom stereocenters. The fourth-order valence-electron chi connectivity index (χ4n) is 1.19. The molecule has 0 atom stereocenters. The van der Waals surface area contributed by atoms with Gasteiger partial charge in [-0.25, -0.2) is 4.68 Å². The normalized spacial score (nSPS) is 10.1. The van der Waals surface area contributed by atoms with Gasteiger partial charge in [-0.15, -0.1) is 0 Å². The van der Waals surface area contributed by atoms with Crippen molar-refractivity contribution in [2.24, 2.45) is 7.05 Å². The minimum atomic E-state index is -0.210. The van der Waals surface area contributed by atoms with Gasteiger partial charge in [-0.1, -0.05) is 6.92 Å². The number of rotatable bonds is 5. The van der Waals surface area contributed by atoms with Crippen molar-refractivity contribution in [1.82, 2.24) is 9.78 Å². The lowest BCUT2D eigenvalue weighted by molar-refractivity contribution is 0.332. The van der Waals surface area contributed by atoms with Crippen LogP contribution in [0.2, 0.25) is 0 Å². The highest BCUT2D eigenvalue weighted by Crippen LogP contribution is 2.17. The van der Waals surface area contributed by atoms with Gasteiger partial charge < -0.3 is 10.1 Å². The van der Waals surface area contributed by atoms with E-state index in [-0.39, 0.29) is 5.56 Å². The molecule has 1 heterocycles. The maximum Gasteiger partial charge on any atom is 0.310 e. The molecule has 15 heavy (non-hydrogen) atoms. The number of nitrogens with zero attached hydrogens (tertiary/aromatic N) is 2. The molecular weight excluding hydrogens is 194 g/mol. The van der Waals surface area contributed by atoms with E-state index in [0.29, 0.717) is 18.0 Å². The van der Waals surface area contributed by atoms with Crippen LogP contribution in [0.3, 0.4) is 0 Å². The first-order valence-electron chi connectivity index (χ1n) is 5.13. The molecule has 0 amide bonds. The van der Waals surface area contributed by atoms with Crippen molar-refractivity contribution in [3.63, 3.8) is 0 Å². The fraction of sp³-hybridized carbons (Fsp3) is 0.600. The molecule has 84 valence electrons. The molecule has 1 aromatic heterocycles. The second kappa shape index (κ2) is 5.38. The third-order valence-electron chi connectivity index (χ3n) is 1.95. The van der Waals surface area contributed by atoms with Crippen LogP contribution >= 0.6 is 0 Å². The summed E-state index contributed by atoms with van der Waals surface area (Å²) in [7, 11) is 1.61. The topological polar surface area (TPSA) is 56.2 Å². The summed E-state index contributed by atoms with van der Waals surface area (Å²) < 4.78 is 6.58. The molecule has 5 heteroatoms. The lowest BCUT2D eigenvalue weighted by Crippen LogP contribution is -2.23. The Morgan fingerprint density at radius 1 is 1.53 bits per heavy atom. The molecule has 1 N–H and O–H groups in total. The predicted octanol–water partition coefficient (Wildman–Crippen LogP) is 1.00. The monoisotopic (exact) mass is 211 g/mol. The molecule has 0 aliphatic heterocycles. The van der Waals surface area contributed by atoms with Crippen LogP contribution in [0.25, 0.3) is 0 Å². The Balaban J connectivity index is 3.03. The highest BCUT2D eigenvalue weighted by atomic mass is 16.5. The van der Waals surface area contributed by atoms with E-state index < -0.39 is 0 Å². The summed E-state index contributed by atoms with van der Waals surface area (Å²) in [5.74, 6) is 0.350. The smallest absolute Gasteiger partial charge is 0.310 e. The van der Waals surface area contributed by atoms with Crippen LogP contribution in [-0.4, -0.2) is 22.9 Å². The van der Waals surface area contributed by atoms with Crippen LogP contribution in [0.1, 0.15) is 20.3 Å². The highest BCUT2D eigenvalue weighted by Gasteiger charge is 2.09. The molecule has 0 bridgehead atoms. The minimum Gasteiger partial charge on any atom is -0.487 e. The average molecular weight is 211 g/mol. The summed E-state index contributed by atoms with van der Waals surface area (Å²) in [6, 6.07) is 0. The van der Waals surface area contributed by atoms with Gasteiger partial charge in [0.1, 0.15) is 5.69 Å². The molecule has 0 aliphatic carbocycles. The Morgan fingerprint density at radius 2 is 2.27 bits per heavy atom. The van der Waals surface area contributed by atoms with E-state index in [2.05, 4.69) is 17.3 Å². The van der Waals surface area contributed by atoms with Gasteiger partial charge in [0.25, 0.3) is 0 Å². The molecule has 5 nitrogen and oxygen atoms in total. The summed E-state index contributed by atoms with van der Waals surface area (Å²) >= 11 is 0. The molecule has 0 aromatic carbocycles. The van der Waals surface area contributed by atoms with Crippen LogP contribution in [0.5, 0.6) is 5.75 Å². The summed E-state index contributed by atoms with van der Waals surface area (Å²) in [5.41, 5.74) is 0.458. The van der Waals surface area contributed by atoms with Gasteiger partial charge in [0.15, 0.2) is 0 Å². The van der Waals surface area contributed by atoms with Gasteiger partial charge in [0, 0.05) is 13.6 Å². The Bertz CT molecular complexity index is 373. The van der Waals surface area contributed by atoms with E-state index in [0.717, 1.165) is 13.0 Å². The van der Waals surface area contributed by atoms with Gasteiger partial charge in [-0.2, -0.15) is 5.10 Å². The van der Waals surface area contributed by atoms with Gasteiger partial charge in [0.05, 0.1) is 12.8 Å². The first-order valence-corrected chi connectivity index (χ1v) is 5.13. The lowest BCUT2D eigenvalue weighted by Gasteiger charge is -2.11. The lowest BCUT2D eigenvalue weighted by atomic mass is 10.4. The second-order valence-corrected chi connectivity index (χ2v) is 3.18.